The molecule has 0 aliphatic rings. The maximum absolute atomic E-state index is 12.9. The van der Waals surface area contributed by atoms with E-state index in [0.29, 0.717) is 19.3 Å². The lowest BCUT2D eigenvalue weighted by Gasteiger charge is -2.18. The van der Waals surface area contributed by atoms with Crippen molar-refractivity contribution in [1.29, 1.82) is 0 Å². The second kappa shape index (κ2) is 64.8. The van der Waals surface area contributed by atoms with E-state index in [0.717, 1.165) is 173 Å². The van der Waals surface area contributed by atoms with Crippen LogP contribution in [-0.2, 0) is 28.6 Å². The average Bonchev–Trinajstić information content (AvgIpc) is 3.44. The molecule has 0 rings (SSSR count). The lowest BCUT2D eigenvalue weighted by molar-refractivity contribution is -0.167. The second-order valence-corrected chi connectivity index (χ2v) is 20.5. The fraction of sp³-hybridized carbons (Fsp3) is 0.625. The third-order valence-corrected chi connectivity index (χ3v) is 13.1. The molecule has 440 valence electrons. The molecule has 1 atom stereocenters. The molecule has 0 spiro atoms. The van der Waals surface area contributed by atoms with E-state index in [9.17, 15) is 14.4 Å². The molecule has 0 amide bonds. The fourth-order valence-electron chi connectivity index (χ4n) is 8.35. The summed E-state index contributed by atoms with van der Waals surface area (Å²) in [4.78, 5) is 38.4. The van der Waals surface area contributed by atoms with E-state index in [1.807, 2.05) is 0 Å². The minimum absolute atomic E-state index is 0.104. The van der Waals surface area contributed by atoms with Crippen LogP contribution < -0.4 is 0 Å². The SMILES string of the molecule is CC/C=C\C/C=C\C/C=C\C/C=C\C/C=C\C/C=C\CCCCCCC(=O)OCC(COC(=O)CCCCCCC/C=C\CCCCCCCCC)OC(=O)CCCCCCC/C=C\C/C=C\C/C=C\C/C=C\C/C=C\CC. The van der Waals surface area contributed by atoms with Gasteiger partial charge in [-0.2, -0.15) is 0 Å². The van der Waals surface area contributed by atoms with Crippen LogP contribution in [0.5, 0.6) is 0 Å². The van der Waals surface area contributed by atoms with Crippen LogP contribution >= 0.6 is 0 Å². The first-order chi connectivity index (χ1) is 38.5. The van der Waals surface area contributed by atoms with E-state index >= 15 is 0 Å². The zero-order valence-electron chi connectivity index (χ0n) is 50.4. The van der Waals surface area contributed by atoms with Crippen LogP contribution in [0.15, 0.2) is 146 Å². The molecule has 0 radical (unpaired) electrons. The van der Waals surface area contributed by atoms with Gasteiger partial charge in [-0.05, 0) is 141 Å². The Hall–Kier alpha value is -4.71. The molecule has 1 unspecified atom stereocenters. The van der Waals surface area contributed by atoms with Gasteiger partial charge in [-0.1, -0.05) is 256 Å². The van der Waals surface area contributed by atoms with Gasteiger partial charge in [0, 0.05) is 19.3 Å². The zero-order valence-corrected chi connectivity index (χ0v) is 50.4. The molecule has 0 N–H and O–H groups in total. The summed E-state index contributed by atoms with van der Waals surface area (Å²) in [7, 11) is 0. The van der Waals surface area contributed by atoms with Gasteiger partial charge in [-0.25, -0.2) is 0 Å². The number of carbonyl (C=O) groups is 3. The Balaban J connectivity index is 4.51. The molecule has 0 fully saturated rings. The Morgan fingerprint density at radius 3 is 0.795 bits per heavy atom. The Kier molecular flexibility index (Phi) is 60.9. The smallest absolute Gasteiger partial charge is 0.306 e. The van der Waals surface area contributed by atoms with Crippen LogP contribution in [0, 0.1) is 0 Å². The number of allylic oxidation sites excluding steroid dienone is 24. The number of ether oxygens (including phenoxy) is 3. The third kappa shape index (κ3) is 62.1. The molecule has 0 aromatic rings. The van der Waals surface area contributed by atoms with Crippen molar-refractivity contribution in [3.05, 3.63) is 146 Å². The lowest BCUT2D eigenvalue weighted by atomic mass is 10.1. The Labute approximate surface area is 480 Å². The van der Waals surface area contributed by atoms with Gasteiger partial charge in [-0.15, -0.1) is 0 Å². The fourth-order valence-corrected chi connectivity index (χ4v) is 8.35. The monoisotopic (exact) mass is 1080 g/mol. The summed E-state index contributed by atoms with van der Waals surface area (Å²) in [6, 6.07) is 0. The summed E-state index contributed by atoms with van der Waals surface area (Å²) in [5, 5.41) is 0. The number of hydrogen-bond donors (Lipinski definition) is 0. The Morgan fingerprint density at radius 2 is 0.500 bits per heavy atom. The maximum atomic E-state index is 12.9. The first-order valence-corrected chi connectivity index (χ1v) is 31.8. The van der Waals surface area contributed by atoms with E-state index < -0.39 is 6.10 Å². The number of hydrogen-bond acceptors (Lipinski definition) is 6. The lowest BCUT2D eigenvalue weighted by Crippen LogP contribution is -2.30. The maximum Gasteiger partial charge on any atom is 0.306 e. The van der Waals surface area contributed by atoms with Gasteiger partial charge in [-0.3, -0.25) is 14.4 Å². The molecule has 0 saturated carbocycles. The molecule has 0 saturated heterocycles. The molecule has 0 heterocycles. The summed E-state index contributed by atoms with van der Waals surface area (Å²) >= 11 is 0. The highest BCUT2D eigenvalue weighted by Crippen LogP contribution is 2.14. The van der Waals surface area contributed by atoms with Crippen molar-refractivity contribution in [2.75, 3.05) is 13.2 Å². The minimum atomic E-state index is -0.811. The molecule has 6 nitrogen and oxygen atoms in total. The molecule has 0 bridgehead atoms. The summed E-state index contributed by atoms with van der Waals surface area (Å²) < 4.78 is 16.9. The molecule has 0 aliphatic heterocycles. The van der Waals surface area contributed by atoms with Crippen LogP contribution in [0.2, 0.25) is 0 Å². The van der Waals surface area contributed by atoms with E-state index in [4.69, 9.17) is 14.2 Å². The summed E-state index contributed by atoms with van der Waals surface area (Å²) in [5.74, 6) is -0.956. The van der Waals surface area contributed by atoms with Gasteiger partial charge in [0.05, 0.1) is 0 Å². The zero-order chi connectivity index (χ0) is 56.4. The predicted octanol–water partition coefficient (Wildman–Crippen LogP) is 21.9. The van der Waals surface area contributed by atoms with Crippen molar-refractivity contribution < 1.29 is 28.6 Å². The molecule has 78 heavy (non-hydrogen) atoms. The van der Waals surface area contributed by atoms with Crippen molar-refractivity contribution in [3.63, 3.8) is 0 Å². The third-order valence-electron chi connectivity index (χ3n) is 13.1. The van der Waals surface area contributed by atoms with E-state index in [-0.39, 0.29) is 31.1 Å². The highest BCUT2D eigenvalue weighted by atomic mass is 16.6. The van der Waals surface area contributed by atoms with Crippen LogP contribution in [0.4, 0.5) is 0 Å². The molecular weight excluding hydrogens is 961 g/mol. The first-order valence-electron chi connectivity index (χ1n) is 31.8. The molecule has 0 aliphatic carbocycles. The molecule has 0 aromatic carbocycles. The summed E-state index contributed by atoms with van der Waals surface area (Å²) in [5.41, 5.74) is 0. The van der Waals surface area contributed by atoms with Crippen LogP contribution in [-0.4, -0.2) is 37.2 Å². The largest absolute Gasteiger partial charge is 0.462 e. The van der Waals surface area contributed by atoms with Gasteiger partial charge >= 0.3 is 17.9 Å². The summed E-state index contributed by atoms with van der Waals surface area (Å²) in [6.45, 7) is 6.37. The van der Waals surface area contributed by atoms with E-state index in [2.05, 4.69) is 167 Å². The Morgan fingerprint density at radius 1 is 0.269 bits per heavy atom. The standard InChI is InChI=1S/C72H116O6/c1-4-7-10-13-16-19-22-25-28-31-33-35-36-38-39-41-44-47-50-53-56-59-62-65-71(74)77-68-69(67-76-70(73)64-61-58-55-52-49-46-43-30-27-24-21-18-15-12-9-6-3)78-72(75)66-63-60-57-54-51-48-45-42-40-37-34-32-29-26-23-20-17-14-11-8-5-2/h7-8,10-11,16-17,19-20,25-26,28-30,33-35,37-39,42-45,47,69H,4-6,9,12-15,18,21-24,27,31-32,36,40-41,46,48-68H2,1-3H3/b10-7-,11-8-,19-16-,20-17-,28-25-,29-26-,35-33-,37-34-,39-38-,43-30-,45-42-,47-44-. The number of carbonyl (C=O) groups excluding carboxylic acids is 3. The van der Waals surface area contributed by atoms with Gasteiger partial charge in [0.15, 0.2) is 6.10 Å². The van der Waals surface area contributed by atoms with Crippen LogP contribution in [0.25, 0.3) is 0 Å². The quantitative estimate of drug-likeness (QED) is 0.0261. The predicted molar refractivity (Wildman–Crippen MR) is 339 cm³/mol. The van der Waals surface area contributed by atoms with E-state index in [1.54, 1.807) is 0 Å². The molecule has 0 aromatic heterocycles. The van der Waals surface area contributed by atoms with Gasteiger partial charge < -0.3 is 14.2 Å². The van der Waals surface area contributed by atoms with E-state index in [1.165, 1.54) is 57.8 Å². The van der Waals surface area contributed by atoms with Crippen molar-refractivity contribution in [1.82, 2.24) is 0 Å². The Bertz CT molecular complexity index is 1710. The van der Waals surface area contributed by atoms with Gasteiger partial charge in [0.2, 0.25) is 0 Å². The number of rotatable bonds is 56. The topological polar surface area (TPSA) is 78.9 Å². The first kappa shape index (κ1) is 73.3. The van der Waals surface area contributed by atoms with Crippen LogP contribution in [0.3, 0.4) is 0 Å². The molecular formula is C72H116O6. The van der Waals surface area contributed by atoms with Gasteiger partial charge in [0.25, 0.3) is 0 Å². The van der Waals surface area contributed by atoms with Crippen molar-refractivity contribution in [2.24, 2.45) is 0 Å². The van der Waals surface area contributed by atoms with Gasteiger partial charge in [0.1, 0.15) is 13.2 Å². The second-order valence-electron chi connectivity index (χ2n) is 20.5. The van der Waals surface area contributed by atoms with Crippen molar-refractivity contribution in [2.45, 2.75) is 277 Å². The normalized spacial score (nSPS) is 13.1. The highest BCUT2D eigenvalue weighted by molar-refractivity contribution is 5.71. The molecule has 6 heteroatoms. The average molecular weight is 1080 g/mol. The summed E-state index contributed by atoms with van der Waals surface area (Å²) in [6.07, 6.45) is 92.7. The van der Waals surface area contributed by atoms with Crippen molar-refractivity contribution in [3.8, 4) is 0 Å². The highest BCUT2D eigenvalue weighted by Gasteiger charge is 2.19. The van der Waals surface area contributed by atoms with Crippen LogP contribution in [0.1, 0.15) is 271 Å². The number of unbranched alkanes of at least 4 members (excludes halogenated alkanes) is 21. The van der Waals surface area contributed by atoms with Crippen molar-refractivity contribution >= 4 is 17.9 Å². The minimum Gasteiger partial charge on any atom is -0.462 e. The number of esters is 3.